The van der Waals surface area contributed by atoms with E-state index in [0.29, 0.717) is 0 Å². The Morgan fingerprint density at radius 1 is 1.36 bits per heavy atom. The molecule has 3 nitrogen and oxygen atoms in total. The van der Waals surface area contributed by atoms with Gasteiger partial charge < -0.3 is 9.84 Å². The number of esters is 1. The first kappa shape index (κ1) is 13.2. The third-order valence-corrected chi connectivity index (χ3v) is 1.70. The average Bonchev–Trinajstić information content (AvgIpc) is 1.96. The van der Waals surface area contributed by atoms with Gasteiger partial charge in [0.25, 0.3) is 0 Å². The lowest BCUT2D eigenvalue weighted by Crippen LogP contribution is -2.22. The molecule has 0 aliphatic carbocycles. The summed E-state index contributed by atoms with van der Waals surface area (Å²) in [6, 6.07) is 0. The molecule has 2 atom stereocenters. The van der Waals surface area contributed by atoms with Crippen LogP contribution in [0.3, 0.4) is 0 Å². The van der Waals surface area contributed by atoms with Gasteiger partial charge in [-0.1, -0.05) is 13.0 Å². The monoisotopic (exact) mass is 200 g/mol. The molecule has 0 aliphatic heterocycles. The van der Waals surface area contributed by atoms with Crippen molar-refractivity contribution >= 4 is 5.97 Å². The summed E-state index contributed by atoms with van der Waals surface area (Å²) in [7, 11) is 0. The van der Waals surface area contributed by atoms with Gasteiger partial charge in [0.15, 0.2) is 0 Å². The quantitative estimate of drug-likeness (QED) is 0.559. The number of aliphatic hydroxyl groups is 1. The van der Waals surface area contributed by atoms with Crippen LogP contribution in [0.15, 0.2) is 12.2 Å². The molecule has 82 valence electrons. The Morgan fingerprint density at radius 2 is 1.86 bits per heavy atom. The van der Waals surface area contributed by atoms with E-state index in [0.717, 1.165) is 0 Å². The maximum Gasteiger partial charge on any atom is 0.330 e. The highest BCUT2D eigenvalue weighted by Gasteiger charge is 2.14. The Hall–Kier alpha value is -0.830. The molecule has 0 aromatic rings. The lowest BCUT2D eigenvalue weighted by atomic mass is 10.1. The summed E-state index contributed by atoms with van der Waals surface area (Å²) in [6.07, 6.45) is 2.56. The molecule has 0 fully saturated rings. The van der Waals surface area contributed by atoms with Crippen molar-refractivity contribution in [2.24, 2.45) is 5.92 Å². The molecule has 0 bridgehead atoms. The summed E-state index contributed by atoms with van der Waals surface area (Å²) in [5, 5.41) is 9.16. The van der Waals surface area contributed by atoms with Crippen molar-refractivity contribution < 1.29 is 14.6 Å². The van der Waals surface area contributed by atoms with Gasteiger partial charge in [0.1, 0.15) is 5.60 Å². The number of carbonyl (C=O) groups is 1. The Balaban J connectivity index is 4.07. The number of aliphatic hydroxyl groups excluding tert-OH is 1. The Labute approximate surface area is 85.8 Å². The molecule has 0 saturated heterocycles. The summed E-state index contributed by atoms with van der Waals surface area (Å²) >= 11 is 0. The van der Waals surface area contributed by atoms with E-state index in [1.54, 1.807) is 13.0 Å². The summed E-state index contributed by atoms with van der Waals surface area (Å²) in [5.74, 6) is -0.410. The van der Waals surface area contributed by atoms with E-state index in [2.05, 4.69) is 0 Å². The third-order valence-electron chi connectivity index (χ3n) is 1.70. The predicted octanol–water partition coefficient (Wildman–Crippen LogP) is 1.90. The van der Waals surface area contributed by atoms with Gasteiger partial charge in [-0.2, -0.15) is 0 Å². The van der Waals surface area contributed by atoms with Crippen LogP contribution in [-0.4, -0.2) is 22.8 Å². The van der Waals surface area contributed by atoms with Gasteiger partial charge in [-0.05, 0) is 27.7 Å². The molecule has 0 aromatic carbocycles. The van der Waals surface area contributed by atoms with E-state index in [1.807, 2.05) is 27.7 Å². The fourth-order valence-corrected chi connectivity index (χ4v) is 0.727. The smallest absolute Gasteiger partial charge is 0.330 e. The first-order chi connectivity index (χ1) is 6.22. The first-order valence-electron chi connectivity index (χ1n) is 4.81. The molecule has 0 spiro atoms. The van der Waals surface area contributed by atoms with E-state index in [9.17, 15) is 4.79 Å². The van der Waals surface area contributed by atoms with Crippen LogP contribution in [0.4, 0.5) is 0 Å². The predicted molar refractivity (Wildman–Crippen MR) is 55.8 cm³/mol. The van der Waals surface area contributed by atoms with Gasteiger partial charge in [-0.3, -0.25) is 0 Å². The van der Waals surface area contributed by atoms with Gasteiger partial charge in [-0.25, -0.2) is 4.79 Å². The maximum atomic E-state index is 11.2. The highest BCUT2D eigenvalue weighted by atomic mass is 16.6. The number of ether oxygens (including phenoxy) is 1. The molecule has 1 N–H and O–H groups in total. The molecule has 0 radical (unpaired) electrons. The van der Waals surface area contributed by atoms with Crippen molar-refractivity contribution in [3.05, 3.63) is 12.2 Å². The molecule has 3 heteroatoms. The van der Waals surface area contributed by atoms with Gasteiger partial charge in [0.05, 0.1) is 6.10 Å². The molecule has 0 aromatic heterocycles. The Kier molecular flexibility index (Phi) is 4.85. The molecule has 0 aliphatic rings. The van der Waals surface area contributed by atoms with Gasteiger partial charge in [0.2, 0.25) is 0 Å². The Bertz CT molecular complexity index is 211. The normalized spacial score (nSPS) is 16.7. The second kappa shape index (κ2) is 5.15. The fourth-order valence-electron chi connectivity index (χ4n) is 0.727. The van der Waals surface area contributed by atoms with Gasteiger partial charge in [-0.15, -0.1) is 0 Å². The lowest BCUT2D eigenvalue weighted by molar-refractivity contribution is -0.148. The molecular weight excluding hydrogens is 180 g/mol. The van der Waals surface area contributed by atoms with Crippen LogP contribution >= 0.6 is 0 Å². The second-order valence-corrected chi connectivity index (χ2v) is 4.49. The number of rotatable bonds is 3. The fraction of sp³-hybridized carbons (Fsp3) is 0.727. The standard InChI is InChI=1S/C11H20O3/c1-8(9(2)12)6-7-10(13)14-11(3,4)5/h6-9,12H,1-5H3/t8-,9+/m1/s1. The Morgan fingerprint density at radius 3 is 2.21 bits per heavy atom. The third kappa shape index (κ3) is 6.66. The largest absolute Gasteiger partial charge is 0.457 e. The lowest BCUT2D eigenvalue weighted by Gasteiger charge is -2.18. The minimum atomic E-state index is -0.463. The molecule has 0 amide bonds. The van der Waals surface area contributed by atoms with Crippen molar-refractivity contribution in [2.75, 3.05) is 0 Å². The highest BCUT2D eigenvalue weighted by Crippen LogP contribution is 2.08. The first-order valence-corrected chi connectivity index (χ1v) is 4.81. The van der Waals surface area contributed by atoms with Crippen LogP contribution in [-0.2, 0) is 9.53 Å². The van der Waals surface area contributed by atoms with E-state index in [-0.39, 0.29) is 11.9 Å². The number of carbonyl (C=O) groups excluding carboxylic acids is 1. The van der Waals surface area contributed by atoms with Crippen LogP contribution in [0.25, 0.3) is 0 Å². The summed E-state index contributed by atoms with van der Waals surface area (Å²) in [4.78, 5) is 11.2. The zero-order chi connectivity index (χ0) is 11.4. The van der Waals surface area contributed by atoms with Crippen molar-refractivity contribution in [1.82, 2.24) is 0 Å². The number of hydrogen-bond donors (Lipinski definition) is 1. The number of hydrogen-bond acceptors (Lipinski definition) is 3. The molecule has 0 heterocycles. The highest BCUT2D eigenvalue weighted by molar-refractivity contribution is 5.82. The topological polar surface area (TPSA) is 46.5 Å². The van der Waals surface area contributed by atoms with Crippen LogP contribution in [0, 0.1) is 5.92 Å². The zero-order valence-electron chi connectivity index (χ0n) is 9.57. The molecular formula is C11H20O3. The molecule has 0 unspecified atom stereocenters. The minimum absolute atomic E-state index is 0.0393. The SMILES string of the molecule is C[C@H](O)[C@H](C)C=CC(=O)OC(C)(C)C. The van der Waals surface area contributed by atoms with Crippen molar-refractivity contribution in [2.45, 2.75) is 46.3 Å². The molecule has 14 heavy (non-hydrogen) atoms. The van der Waals surface area contributed by atoms with E-state index in [1.165, 1.54) is 6.08 Å². The van der Waals surface area contributed by atoms with Crippen molar-refractivity contribution in [1.29, 1.82) is 0 Å². The maximum absolute atomic E-state index is 11.2. The van der Waals surface area contributed by atoms with E-state index < -0.39 is 11.7 Å². The molecule has 0 rings (SSSR count). The molecule has 0 saturated carbocycles. The minimum Gasteiger partial charge on any atom is -0.457 e. The second-order valence-electron chi connectivity index (χ2n) is 4.49. The van der Waals surface area contributed by atoms with Crippen LogP contribution in [0.2, 0.25) is 0 Å². The van der Waals surface area contributed by atoms with Gasteiger partial charge in [0, 0.05) is 12.0 Å². The summed E-state index contributed by atoms with van der Waals surface area (Å²) in [6.45, 7) is 8.97. The summed E-state index contributed by atoms with van der Waals surface area (Å²) in [5.41, 5.74) is -0.463. The summed E-state index contributed by atoms with van der Waals surface area (Å²) < 4.78 is 5.06. The van der Waals surface area contributed by atoms with Crippen LogP contribution < -0.4 is 0 Å². The van der Waals surface area contributed by atoms with Crippen molar-refractivity contribution in [3.8, 4) is 0 Å². The van der Waals surface area contributed by atoms with E-state index >= 15 is 0 Å². The average molecular weight is 200 g/mol. The van der Waals surface area contributed by atoms with Crippen molar-refractivity contribution in [3.63, 3.8) is 0 Å². The zero-order valence-corrected chi connectivity index (χ0v) is 9.57. The van der Waals surface area contributed by atoms with Gasteiger partial charge >= 0.3 is 5.97 Å². The van der Waals surface area contributed by atoms with Crippen LogP contribution in [0.1, 0.15) is 34.6 Å². The van der Waals surface area contributed by atoms with Crippen LogP contribution in [0.5, 0.6) is 0 Å². The van der Waals surface area contributed by atoms with E-state index in [4.69, 9.17) is 9.84 Å².